The number of piperazine rings is 1. The molecule has 0 atom stereocenters. The number of nitrogens with two attached hydrogens (primary N) is 1. The number of hydrogen-bond donors (Lipinski definition) is 1. The number of nitrogens with zero attached hydrogens (tertiary/aromatic N) is 4. The second-order valence-corrected chi connectivity index (χ2v) is 8.48. The maximum absolute atomic E-state index is 13.2. The lowest BCUT2D eigenvalue weighted by Crippen LogP contribution is -2.55. The van der Waals surface area contributed by atoms with Gasteiger partial charge in [0.15, 0.2) is 0 Å². The van der Waals surface area contributed by atoms with E-state index in [9.17, 15) is 4.79 Å². The summed E-state index contributed by atoms with van der Waals surface area (Å²) < 4.78 is 7.51. The van der Waals surface area contributed by atoms with Crippen LogP contribution in [0.15, 0.2) is 23.0 Å². The van der Waals surface area contributed by atoms with E-state index in [2.05, 4.69) is 35.7 Å². The van der Waals surface area contributed by atoms with E-state index in [0.29, 0.717) is 41.3 Å². The molecule has 1 saturated heterocycles. The number of aromatic nitrogens is 2. The van der Waals surface area contributed by atoms with Gasteiger partial charge in [-0.2, -0.15) is 0 Å². The third-order valence-corrected chi connectivity index (χ3v) is 5.15. The van der Waals surface area contributed by atoms with Gasteiger partial charge >= 0.3 is 0 Å². The molecule has 0 bridgehead atoms. The summed E-state index contributed by atoms with van der Waals surface area (Å²) in [5, 5.41) is 2.96. The lowest BCUT2D eigenvalue weighted by molar-refractivity contribution is -0.0139. The van der Waals surface area contributed by atoms with Gasteiger partial charge in [-0.3, -0.25) is 9.69 Å². The summed E-state index contributed by atoms with van der Waals surface area (Å²) in [4.78, 5) is 20.3. The fraction of sp³-hybridized carbons (Fsp3) is 0.600. The van der Waals surface area contributed by atoms with Crippen LogP contribution in [0.25, 0.3) is 10.9 Å². The summed E-state index contributed by atoms with van der Waals surface area (Å²) in [6.45, 7) is 11.4. The monoisotopic (exact) mass is 407 g/mol. The zero-order valence-corrected chi connectivity index (χ0v) is 17.7. The minimum absolute atomic E-state index is 0.122. The molecule has 0 unspecified atom stereocenters. The van der Waals surface area contributed by atoms with Crippen molar-refractivity contribution in [3.8, 4) is 0 Å². The minimum Gasteiger partial charge on any atom is -0.375 e. The molecule has 1 aliphatic heterocycles. The summed E-state index contributed by atoms with van der Waals surface area (Å²) in [6.07, 6.45) is 0.539. The molecule has 2 aromatic rings. The van der Waals surface area contributed by atoms with Crippen molar-refractivity contribution in [1.29, 1.82) is 0 Å². The Morgan fingerprint density at radius 1 is 1.21 bits per heavy atom. The molecule has 2 N–H and O–H groups in total. The molecular formula is C20H30ClN5O2. The second-order valence-electron chi connectivity index (χ2n) is 8.07. The minimum atomic E-state index is -0.123. The topological polar surface area (TPSA) is 76.6 Å². The molecule has 0 radical (unpaired) electrons. The molecule has 3 rings (SSSR count). The maximum atomic E-state index is 13.2. The van der Waals surface area contributed by atoms with Gasteiger partial charge in [0.25, 0.3) is 5.56 Å². The summed E-state index contributed by atoms with van der Waals surface area (Å²) in [5.41, 5.74) is 6.15. The highest BCUT2D eigenvalue weighted by atomic mass is 35.5. The Labute approximate surface area is 171 Å². The number of fused-ring (bicyclic) bond motifs is 1. The Morgan fingerprint density at radius 2 is 1.93 bits per heavy atom. The molecule has 1 aromatic heterocycles. The SMILES string of the molecule is CC(C)(C)OCCN1CCN(n2c(CCN)nc3cccc(Cl)c3c2=O)CC1. The highest BCUT2D eigenvalue weighted by Crippen LogP contribution is 2.19. The number of benzene rings is 1. The van der Waals surface area contributed by atoms with E-state index in [-0.39, 0.29) is 11.2 Å². The molecule has 8 heteroatoms. The van der Waals surface area contributed by atoms with Gasteiger partial charge in [-0.25, -0.2) is 9.66 Å². The van der Waals surface area contributed by atoms with E-state index in [4.69, 9.17) is 22.1 Å². The molecule has 2 heterocycles. The largest absolute Gasteiger partial charge is 0.375 e. The summed E-state index contributed by atoms with van der Waals surface area (Å²) in [6, 6.07) is 5.36. The smallest absolute Gasteiger partial charge is 0.281 e. The van der Waals surface area contributed by atoms with Crippen molar-refractivity contribution in [1.82, 2.24) is 14.6 Å². The van der Waals surface area contributed by atoms with Crippen LogP contribution in [-0.2, 0) is 11.2 Å². The first-order valence-electron chi connectivity index (χ1n) is 9.82. The summed E-state index contributed by atoms with van der Waals surface area (Å²) in [7, 11) is 0. The molecule has 28 heavy (non-hydrogen) atoms. The summed E-state index contributed by atoms with van der Waals surface area (Å²) in [5.74, 6) is 0.687. The number of halogens is 1. The average Bonchev–Trinajstić information content (AvgIpc) is 2.62. The van der Waals surface area contributed by atoms with Gasteiger partial charge in [-0.05, 0) is 39.4 Å². The van der Waals surface area contributed by atoms with Gasteiger partial charge < -0.3 is 15.5 Å². The van der Waals surface area contributed by atoms with Crippen molar-refractivity contribution >= 4 is 22.5 Å². The molecule has 1 fully saturated rings. The Bertz CT molecular complexity index is 869. The number of rotatable bonds is 6. The quantitative estimate of drug-likeness (QED) is 0.784. The van der Waals surface area contributed by atoms with E-state index in [1.807, 2.05) is 12.1 Å². The van der Waals surface area contributed by atoms with Crippen LogP contribution < -0.4 is 16.3 Å². The van der Waals surface area contributed by atoms with Gasteiger partial charge in [-0.1, -0.05) is 17.7 Å². The van der Waals surface area contributed by atoms with Crippen LogP contribution in [0.5, 0.6) is 0 Å². The van der Waals surface area contributed by atoms with E-state index < -0.39 is 0 Å². The van der Waals surface area contributed by atoms with Crippen molar-refractivity contribution in [2.24, 2.45) is 5.73 Å². The van der Waals surface area contributed by atoms with Gasteiger partial charge in [-0.15, -0.1) is 0 Å². The van der Waals surface area contributed by atoms with Crippen LogP contribution in [0.4, 0.5) is 0 Å². The average molecular weight is 408 g/mol. The predicted octanol–water partition coefficient (Wildman–Crippen LogP) is 1.62. The molecule has 1 aromatic carbocycles. The predicted molar refractivity (Wildman–Crippen MR) is 114 cm³/mol. The third kappa shape index (κ3) is 4.84. The van der Waals surface area contributed by atoms with Crippen LogP contribution >= 0.6 is 11.6 Å². The first-order chi connectivity index (χ1) is 13.3. The van der Waals surface area contributed by atoms with Gasteiger partial charge in [0, 0.05) is 39.1 Å². The van der Waals surface area contributed by atoms with E-state index >= 15 is 0 Å². The summed E-state index contributed by atoms with van der Waals surface area (Å²) >= 11 is 6.30. The van der Waals surface area contributed by atoms with Crippen LogP contribution in [0.1, 0.15) is 26.6 Å². The van der Waals surface area contributed by atoms with Crippen LogP contribution in [-0.4, -0.2) is 66.0 Å². The van der Waals surface area contributed by atoms with Crippen LogP contribution in [0, 0.1) is 0 Å². The van der Waals surface area contributed by atoms with Gasteiger partial charge in [0.2, 0.25) is 0 Å². The second kappa shape index (κ2) is 8.78. The van der Waals surface area contributed by atoms with E-state index in [1.54, 1.807) is 10.7 Å². The Morgan fingerprint density at radius 3 is 2.57 bits per heavy atom. The van der Waals surface area contributed by atoms with Crippen molar-refractivity contribution in [3.63, 3.8) is 0 Å². The Balaban J connectivity index is 1.78. The zero-order chi connectivity index (χ0) is 20.3. The fourth-order valence-electron chi connectivity index (χ4n) is 3.45. The standard InChI is InChI=1S/C20H30ClN5O2/c1-20(2,3)28-14-13-24-9-11-25(12-10-24)26-17(7-8-22)23-16-6-4-5-15(21)18(16)19(26)27/h4-6H,7-14,22H2,1-3H3. The first-order valence-corrected chi connectivity index (χ1v) is 10.2. The highest BCUT2D eigenvalue weighted by molar-refractivity contribution is 6.35. The third-order valence-electron chi connectivity index (χ3n) is 4.83. The van der Waals surface area contributed by atoms with Crippen molar-refractivity contribution in [2.45, 2.75) is 32.8 Å². The van der Waals surface area contributed by atoms with E-state index in [1.165, 1.54) is 0 Å². The molecule has 0 saturated carbocycles. The molecule has 1 aliphatic rings. The van der Waals surface area contributed by atoms with Crippen molar-refractivity contribution < 1.29 is 4.74 Å². The Kier molecular flexibility index (Phi) is 6.60. The number of ether oxygens (including phenoxy) is 1. The molecular weight excluding hydrogens is 378 g/mol. The molecule has 0 aliphatic carbocycles. The Hall–Kier alpha value is -1.67. The molecule has 154 valence electrons. The lowest BCUT2D eigenvalue weighted by atomic mass is 10.2. The van der Waals surface area contributed by atoms with Crippen LogP contribution in [0.3, 0.4) is 0 Å². The maximum Gasteiger partial charge on any atom is 0.281 e. The van der Waals surface area contributed by atoms with Gasteiger partial charge in [0.1, 0.15) is 5.82 Å². The van der Waals surface area contributed by atoms with E-state index in [0.717, 1.165) is 32.7 Å². The van der Waals surface area contributed by atoms with Gasteiger partial charge in [0.05, 0.1) is 28.1 Å². The fourth-order valence-corrected chi connectivity index (χ4v) is 3.70. The molecule has 7 nitrogen and oxygen atoms in total. The zero-order valence-electron chi connectivity index (χ0n) is 16.9. The first kappa shape index (κ1) is 21.0. The van der Waals surface area contributed by atoms with Crippen molar-refractivity contribution in [3.05, 3.63) is 39.4 Å². The normalized spacial score (nSPS) is 16.1. The lowest BCUT2D eigenvalue weighted by Gasteiger charge is -2.37. The number of hydrogen-bond acceptors (Lipinski definition) is 6. The highest BCUT2D eigenvalue weighted by Gasteiger charge is 2.22. The molecule has 0 spiro atoms. The van der Waals surface area contributed by atoms with Crippen LogP contribution in [0.2, 0.25) is 5.02 Å². The van der Waals surface area contributed by atoms with Crippen molar-refractivity contribution in [2.75, 3.05) is 50.9 Å². The molecule has 0 amide bonds.